The van der Waals surface area contributed by atoms with Gasteiger partial charge < -0.3 is 11.1 Å². The van der Waals surface area contributed by atoms with Crippen LogP contribution in [-0.2, 0) is 4.79 Å². The molecule has 1 aliphatic rings. The Bertz CT molecular complexity index is 504. The number of carbonyl (C=O) groups is 1. The Kier molecular flexibility index (Phi) is 8.74. The number of piperidine rings is 1. The van der Waals surface area contributed by atoms with Crippen molar-refractivity contribution in [3.05, 3.63) is 35.4 Å². The van der Waals surface area contributed by atoms with Crippen LogP contribution in [0, 0.1) is 5.92 Å². The maximum absolute atomic E-state index is 12.2. The summed E-state index contributed by atoms with van der Waals surface area (Å²) in [7, 11) is 0. The minimum absolute atomic E-state index is 0. The Hall–Kier alpha value is -1.10. The molecule has 1 aliphatic heterocycles. The van der Waals surface area contributed by atoms with E-state index in [1.807, 2.05) is 0 Å². The third-order valence-corrected chi connectivity index (χ3v) is 4.90. The van der Waals surface area contributed by atoms with Crippen LogP contribution < -0.4 is 11.1 Å². The van der Waals surface area contributed by atoms with Crippen LogP contribution >= 0.6 is 12.4 Å². The maximum atomic E-state index is 12.2. The molecule has 4 nitrogen and oxygen atoms in total. The van der Waals surface area contributed by atoms with Crippen LogP contribution in [0.5, 0.6) is 0 Å². The number of nitrogens with zero attached hydrogens (tertiary/aromatic N) is 1. The van der Waals surface area contributed by atoms with Crippen LogP contribution in [0.2, 0.25) is 0 Å². The first-order valence-electron chi connectivity index (χ1n) is 8.84. The van der Waals surface area contributed by atoms with Crippen LogP contribution in [0.4, 0.5) is 0 Å². The van der Waals surface area contributed by atoms with E-state index in [0.29, 0.717) is 25.0 Å². The summed E-state index contributed by atoms with van der Waals surface area (Å²) in [5.41, 5.74) is 8.17. The maximum Gasteiger partial charge on any atom is 0.224 e. The van der Waals surface area contributed by atoms with Gasteiger partial charge in [0.2, 0.25) is 5.91 Å². The van der Waals surface area contributed by atoms with E-state index in [0.717, 1.165) is 25.9 Å². The van der Waals surface area contributed by atoms with E-state index >= 15 is 0 Å². The second-order valence-corrected chi connectivity index (χ2v) is 6.91. The van der Waals surface area contributed by atoms with Gasteiger partial charge in [0, 0.05) is 25.7 Å². The van der Waals surface area contributed by atoms with E-state index in [2.05, 4.69) is 55.3 Å². The van der Waals surface area contributed by atoms with Crippen LogP contribution in [0.15, 0.2) is 24.3 Å². The molecule has 1 aromatic rings. The molecule has 136 valence electrons. The Morgan fingerprint density at radius 2 is 1.88 bits per heavy atom. The van der Waals surface area contributed by atoms with E-state index < -0.39 is 0 Å². The van der Waals surface area contributed by atoms with Crippen molar-refractivity contribution in [3.63, 3.8) is 0 Å². The Morgan fingerprint density at radius 3 is 2.46 bits per heavy atom. The molecule has 2 atom stereocenters. The first kappa shape index (κ1) is 20.9. The fourth-order valence-corrected chi connectivity index (χ4v) is 3.28. The largest absolute Gasteiger partial charge is 0.355 e. The van der Waals surface area contributed by atoms with Gasteiger partial charge in [-0.3, -0.25) is 9.69 Å². The van der Waals surface area contributed by atoms with E-state index in [-0.39, 0.29) is 24.2 Å². The highest BCUT2D eigenvalue weighted by molar-refractivity contribution is 5.85. The quantitative estimate of drug-likeness (QED) is 0.826. The molecule has 2 unspecified atom stereocenters. The van der Waals surface area contributed by atoms with E-state index in [1.165, 1.54) is 11.1 Å². The van der Waals surface area contributed by atoms with Gasteiger partial charge in [-0.1, -0.05) is 38.1 Å². The van der Waals surface area contributed by atoms with Gasteiger partial charge in [-0.2, -0.15) is 0 Å². The molecule has 1 amide bonds. The molecule has 2 rings (SSSR count). The molecular formula is C19H32ClN3O. The summed E-state index contributed by atoms with van der Waals surface area (Å²) in [6.07, 6.45) is 2.06. The van der Waals surface area contributed by atoms with Crippen LogP contribution in [0.3, 0.4) is 0 Å². The van der Waals surface area contributed by atoms with Crippen molar-refractivity contribution in [3.8, 4) is 0 Å². The molecular weight excluding hydrogens is 322 g/mol. The van der Waals surface area contributed by atoms with E-state index in [4.69, 9.17) is 5.73 Å². The van der Waals surface area contributed by atoms with Gasteiger partial charge in [-0.25, -0.2) is 0 Å². The Labute approximate surface area is 152 Å². The zero-order valence-electron chi connectivity index (χ0n) is 15.1. The molecule has 1 saturated heterocycles. The molecule has 1 heterocycles. The smallest absolute Gasteiger partial charge is 0.224 e. The molecule has 5 heteroatoms. The van der Waals surface area contributed by atoms with E-state index in [9.17, 15) is 4.79 Å². The number of likely N-dealkylation sites (tertiary alicyclic amines) is 1. The SMILES string of the molecule is CC(C)c1ccc(C(C)N2CCCC(C(=O)NCCN)C2)cc1.Cl. The Morgan fingerprint density at radius 1 is 1.25 bits per heavy atom. The molecule has 0 aliphatic carbocycles. The zero-order chi connectivity index (χ0) is 16.8. The monoisotopic (exact) mass is 353 g/mol. The predicted molar refractivity (Wildman–Crippen MR) is 103 cm³/mol. The molecule has 3 N–H and O–H groups in total. The molecule has 0 aromatic heterocycles. The van der Waals surface area contributed by atoms with E-state index in [1.54, 1.807) is 0 Å². The molecule has 0 radical (unpaired) electrons. The first-order valence-corrected chi connectivity index (χ1v) is 8.84. The van der Waals surface area contributed by atoms with Crippen molar-refractivity contribution in [2.75, 3.05) is 26.2 Å². The zero-order valence-corrected chi connectivity index (χ0v) is 15.9. The molecule has 0 bridgehead atoms. The van der Waals surface area contributed by atoms with Crippen LogP contribution in [0.25, 0.3) is 0 Å². The van der Waals surface area contributed by atoms with Crippen molar-refractivity contribution in [1.82, 2.24) is 10.2 Å². The summed E-state index contributed by atoms with van der Waals surface area (Å²) in [6.45, 7) is 9.64. The lowest BCUT2D eigenvalue weighted by molar-refractivity contribution is -0.126. The van der Waals surface area contributed by atoms with Crippen molar-refractivity contribution >= 4 is 18.3 Å². The number of halogens is 1. The lowest BCUT2D eigenvalue weighted by atomic mass is 9.93. The second kappa shape index (κ2) is 10.0. The lowest BCUT2D eigenvalue weighted by Crippen LogP contribution is -2.44. The molecule has 1 fully saturated rings. The number of nitrogens with two attached hydrogens (primary N) is 1. The standard InChI is InChI=1S/C19H31N3O.ClH/c1-14(2)16-6-8-17(9-7-16)15(3)22-12-4-5-18(13-22)19(23)21-11-10-20;/h6-9,14-15,18H,4-5,10-13,20H2,1-3H3,(H,21,23);1H. The van der Waals surface area contributed by atoms with Gasteiger partial charge in [0.25, 0.3) is 0 Å². The number of nitrogens with one attached hydrogen (secondary N) is 1. The van der Waals surface area contributed by atoms with Gasteiger partial charge in [0.1, 0.15) is 0 Å². The number of hydrogen-bond acceptors (Lipinski definition) is 3. The minimum Gasteiger partial charge on any atom is -0.355 e. The fourth-order valence-electron chi connectivity index (χ4n) is 3.28. The number of rotatable bonds is 6. The van der Waals surface area contributed by atoms with Gasteiger partial charge in [0.15, 0.2) is 0 Å². The summed E-state index contributed by atoms with van der Waals surface area (Å²) in [5, 5.41) is 2.93. The fraction of sp³-hybridized carbons (Fsp3) is 0.632. The van der Waals surface area contributed by atoms with Crippen molar-refractivity contribution in [2.24, 2.45) is 11.7 Å². The summed E-state index contributed by atoms with van der Waals surface area (Å²) >= 11 is 0. The molecule has 0 saturated carbocycles. The summed E-state index contributed by atoms with van der Waals surface area (Å²) in [6, 6.07) is 9.27. The summed E-state index contributed by atoms with van der Waals surface area (Å²) in [4.78, 5) is 14.6. The highest BCUT2D eigenvalue weighted by Crippen LogP contribution is 2.27. The summed E-state index contributed by atoms with van der Waals surface area (Å²) < 4.78 is 0. The van der Waals surface area contributed by atoms with Crippen LogP contribution in [-0.4, -0.2) is 37.0 Å². The number of benzene rings is 1. The molecule has 24 heavy (non-hydrogen) atoms. The molecule has 1 aromatic carbocycles. The minimum atomic E-state index is 0. The number of hydrogen-bond donors (Lipinski definition) is 2. The predicted octanol–water partition coefficient (Wildman–Crippen LogP) is 3.08. The number of carbonyl (C=O) groups excluding carboxylic acids is 1. The highest BCUT2D eigenvalue weighted by Gasteiger charge is 2.28. The van der Waals surface area contributed by atoms with Gasteiger partial charge in [-0.15, -0.1) is 12.4 Å². The second-order valence-electron chi connectivity index (χ2n) is 6.91. The highest BCUT2D eigenvalue weighted by atomic mass is 35.5. The lowest BCUT2D eigenvalue weighted by Gasteiger charge is -2.36. The van der Waals surface area contributed by atoms with Gasteiger partial charge in [0.05, 0.1) is 5.92 Å². The van der Waals surface area contributed by atoms with Crippen molar-refractivity contribution in [2.45, 2.75) is 45.6 Å². The van der Waals surface area contributed by atoms with Gasteiger partial charge >= 0.3 is 0 Å². The summed E-state index contributed by atoms with van der Waals surface area (Å²) in [5.74, 6) is 0.806. The van der Waals surface area contributed by atoms with Crippen LogP contribution in [0.1, 0.15) is 56.7 Å². The van der Waals surface area contributed by atoms with Gasteiger partial charge in [-0.05, 0) is 43.4 Å². The average molecular weight is 354 g/mol. The topological polar surface area (TPSA) is 58.4 Å². The van der Waals surface area contributed by atoms with Crippen molar-refractivity contribution in [1.29, 1.82) is 0 Å². The normalized spacial score (nSPS) is 19.6. The molecule has 0 spiro atoms. The third kappa shape index (κ3) is 5.47. The third-order valence-electron chi connectivity index (χ3n) is 4.90. The first-order chi connectivity index (χ1) is 11.0. The average Bonchev–Trinajstić information content (AvgIpc) is 2.59. The van der Waals surface area contributed by atoms with Crippen molar-refractivity contribution < 1.29 is 4.79 Å². The number of amides is 1. The Balaban J connectivity index is 0.00000288.